The zero-order chi connectivity index (χ0) is 20.7. The fraction of sp³-hybridized carbons (Fsp3) is 0.200. The first-order valence-electron chi connectivity index (χ1n) is 8.41. The van der Waals surface area contributed by atoms with E-state index in [0.717, 1.165) is 0 Å². The van der Waals surface area contributed by atoms with Crippen LogP contribution in [0.1, 0.15) is 34.6 Å². The molecular formula is C20H20N2O5S. The molecule has 0 unspecified atom stereocenters. The van der Waals surface area contributed by atoms with E-state index >= 15 is 0 Å². The van der Waals surface area contributed by atoms with Gasteiger partial charge >= 0.3 is 5.97 Å². The number of anilines is 1. The Balaban J connectivity index is 2.00. The van der Waals surface area contributed by atoms with E-state index in [-0.39, 0.29) is 11.5 Å². The lowest BCUT2D eigenvalue weighted by molar-refractivity contribution is -0.123. The summed E-state index contributed by atoms with van der Waals surface area (Å²) in [7, 11) is 0. The number of ketones is 1. The van der Waals surface area contributed by atoms with Gasteiger partial charge in [-0.15, -0.1) is 11.8 Å². The Labute approximate surface area is 166 Å². The van der Waals surface area contributed by atoms with Crippen molar-refractivity contribution >= 4 is 41.0 Å². The van der Waals surface area contributed by atoms with Gasteiger partial charge in [-0.1, -0.05) is 12.1 Å². The van der Waals surface area contributed by atoms with E-state index < -0.39 is 23.9 Å². The lowest BCUT2D eigenvalue weighted by atomic mass is 10.2. The average Bonchev–Trinajstić information content (AvgIpc) is 2.66. The number of thioether (sulfide) groups is 1. The van der Waals surface area contributed by atoms with Crippen molar-refractivity contribution in [2.24, 2.45) is 5.73 Å². The Bertz CT molecular complexity index is 896. The number of primary amides is 1. The maximum absolute atomic E-state index is 12.4. The molecule has 3 N–H and O–H groups in total. The molecule has 1 atom stereocenters. The molecule has 2 aromatic carbocycles. The number of hydrogen-bond donors (Lipinski definition) is 2. The third-order valence-electron chi connectivity index (χ3n) is 3.63. The van der Waals surface area contributed by atoms with Crippen molar-refractivity contribution in [3.63, 3.8) is 0 Å². The number of esters is 1. The number of nitrogens with two attached hydrogens (primary N) is 1. The molecule has 8 heteroatoms. The van der Waals surface area contributed by atoms with Crippen LogP contribution < -0.4 is 11.1 Å². The Morgan fingerprint density at radius 3 is 2.32 bits per heavy atom. The number of nitrogens with one attached hydrogen (secondary N) is 1. The molecule has 0 fully saturated rings. The summed E-state index contributed by atoms with van der Waals surface area (Å²) < 4.78 is 5.26. The van der Waals surface area contributed by atoms with Crippen molar-refractivity contribution in [3.05, 3.63) is 59.7 Å². The summed E-state index contributed by atoms with van der Waals surface area (Å²) in [5.41, 5.74) is 6.22. The predicted octanol–water partition coefficient (Wildman–Crippen LogP) is 2.65. The van der Waals surface area contributed by atoms with Crippen LogP contribution in [-0.4, -0.2) is 35.4 Å². The standard InChI is InChI=1S/C20H20N2O5S/c1-12(23)11-28-17-6-4-3-5-16(17)20(26)27-13(2)19(25)22-15-9-7-14(8-10-15)18(21)24/h3-10,13H,11H2,1-2H3,(H2,21,24)(H,22,25)/t13-/m0/s1. The maximum atomic E-state index is 12.4. The van der Waals surface area contributed by atoms with Crippen LogP contribution in [0.3, 0.4) is 0 Å². The van der Waals surface area contributed by atoms with E-state index in [0.29, 0.717) is 21.7 Å². The second-order valence-electron chi connectivity index (χ2n) is 5.97. The Hall–Kier alpha value is -3.13. The molecule has 0 spiro atoms. The minimum absolute atomic E-state index is 0.0109. The third-order valence-corrected chi connectivity index (χ3v) is 4.85. The van der Waals surface area contributed by atoms with Gasteiger partial charge in [0, 0.05) is 16.1 Å². The molecule has 0 aromatic heterocycles. The summed E-state index contributed by atoms with van der Waals surface area (Å²) >= 11 is 1.24. The van der Waals surface area contributed by atoms with Crippen LogP contribution in [0.15, 0.2) is 53.4 Å². The summed E-state index contributed by atoms with van der Waals surface area (Å²) in [5.74, 6) is -1.51. The van der Waals surface area contributed by atoms with Gasteiger partial charge in [0.15, 0.2) is 6.10 Å². The molecular weight excluding hydrogens is 380 g/mol. The summed E-state index contributed by atoms with van der Waals surface area (Å²) in [6.07, 6.45) is -1.05. The van der Waals surface area contributed by atoms with Gasteiger partial charge in [0.1, 0.15) is 5.78 Å². The predicted molar refractivity (Wildman–Crippen MR) is 106 cm³/mol. The molecule has 2 aromatic rings. The minimum Gasteiger partial charge on any atom is -0.449 e. The zero-order valence-corrected chi connectivity index (χ0v) is 16.2. The maximum Gasteiger partial charge on any atom is 0.340 e. The molecule has 0 aliphatic heterocycles. The number of benzene rings is 2. The fourth-order valence-electron chi connectivity index (χ4n) is 2.18. The van der Waals surface area contributed by atoms with E-state index in [4.69, 9.17) is 10.5 Å². The van der Waals surface area contributed by atoms with Gasteiger partial charge in [-0.05, 0) is 50.2 Å². The van der Waals surface area contributed by atoms with Crippen molar-refractivity contribution in [2.45, 2.75) is 24.8 Å². The first kappa shape index (κ1) is 21.2. The first-order valence-corrected chi connectivity index (χ1v) is 9.39. The second kappa shape index (κ2) is 9.70. The lowest BCUT2D eigenvalue weighted by Crippen LogP contribution is -2.30. The number of hydrogen-bond acceptors (Lipinski definition) is 6. The van der Waals surface area contributed by atoms with E-state index in [9.17, 15) is 19.2 Å². The summed E-state index contributed by atoms with van der Waals surface area (Å²) in [6.45, 7) is 2.92. The third kappa shape index (κ3) is 5.95. The van der Waals surface area contributed by atoms with Gasteiger partial charge in [-0.25, -0.2) is 4.79 Å². The van der Waals surface area contributed by atoms with Gasteiger partial charge in [0.25, 0.3) is 5.91 Å². The van der Waals surface area contributed by atoms with Crippen LogP contribution in [0, 0.1) is 0 Å². The van der Waals surface area contributed by atoms with Crippen LogP contribution in [0.4, 0.5) is 5.69 Å². The van der Waals surface area contributed by atoms with Crippen LogP contribution in [-0.2, 0) is 14.3 Å². The Kier molecular flexibility index (Phi) is 7.34. The molecule has 7 nitrogen and oxygen atoms in total. The normalized spacial score (nSPS) is 11.4. The first-order chi connectivity index (χ1) is 13.3. The van der Waals surface area contributed by atoms with E-state index in [1.807, 2.05) is 0 Å². The highest BCUT2D eigenvalue weighted by molar-refractivity contribution is 8.00. The molecule has 0 bridgehead atoms. The lowest BCUT2D eigenvalue weighted by Gasteiger charge is -2.15. The monoisotopic (exact) mass is 400 g/mol. The van der Waals surface area contributed by atoms with Crippen molar-refractivity contribution in [3.8, 4) is 0 Å². The molecule has 28 heavy (non-hydrogen) atoms. The molecule has 0 aliphatic carbocycles. The van der Waals surface area contributed by atoms with Crippen LogP contribution >= 0.6 is 11.8 Å². The number of carbonyl (C=O) groups excluding carboxylic acids is 4. The average molecular weight is 400 g/mol. The van der Waals surface area contributed by atoms with E-state index in [1.54, 1.807) is 24.3 Å². The second-order valence-corrected chi connectivity index (χ2v) is 6.98. The van der Waals surface area contributed by atoms with Crippen molar-refractivity contribution in [1.29, 1.82) is 0 Å². The quantitative estimate of drug-likeness (QED) is 0.520. The smallest absolute Gasteiger partial charge is 0.340 e. The Morgan fingerprint density at radius 2 is 1.71 bits per heavy atom. The largest absolute Gasteiger partial charge is 0.449 e. The number of Topliss-reactive ketones (excluding diaryl/α,β-unsaturated/α-hetero) is 1. The molecule has 0 heterocycles. The summed E-state index contributed by atoms with van der Waals surface area (Å²) in [4.78, 5) is 47.6. The summed E-state index contributed by atoms with van der Waals surface area (Å²) in [6, 6.07) is 12.8. The molecule has 2 rings (SSSR count). The van der Waals surface area contributed by atoms with Crippen molar-refractivity contribution in [2.75, 3.05) is 11.1 Å². The number of rotatable bonds is 8. The summed E-state index contributed by atoms with van der Waals surface area (Å²) in [5, 5.41) is 2.60. The molecule has 0 radical (unpaired) electrons. The number of carbonyl (C=O) groups is 4. The van der Waals surface area contributed by atoms with Gasteiger partial charge in [0.05, 0.1) is 11.3 Å². The zero-order valence-electron chi connectivity index (χ0n) is 15.4. The van der Waals surface area contributed by atoms with E-state index in [1.165, 1.54) is 49.9 Å². The minimum atomic E-state index is -1.05. The van der Waals surface area contributed by atoms with Crippen LogP contribution in [0.2, 0.25) is 0 Å². The van der Waals surface area contributed by atoms with Crippen LogP contribution in [0.25, 0.3) is 0 Å². The topological polar surface area (TPSA) is 116 Å². The highest BCUT2D eigenvalue weighted by Crippen LogP contribution is 2.24. The van der Waals surface area contributed by atoms with Gasteiger partial charge in [-0.2, -0.15) is 0 Å². The highest BCUT2D eigenvalue weighted by atomic mass is 32.2. The molecule has 0 saturated carbocycles. The SMILES string of the molecule is CC(=O)CSc1ccccc1C(=O)O[C@@H](C)C(=O)Nc1ccc(C(N)=O)cc1. The van der Waals surface area contributed by atoms with Crippen molar-refractivity contribution < 1.29 is 23.9 Å². The highest BCUT2D eigenvalue weighted by Gasteiger charge is 2.21. The Morgan fingerprint density at radius 1 is 1.07 bits per heavy atom. The van der Waals surface area contributed by atoms with Crippen LogP contribution in [0.5, 0.6) is 0 Å². The molecule has 2 amide bonds. The number of ether oxygens (including phenoxy) is 1. The molecule has 0 saturated heterocycles. The van der Waals surface area contributed by atoms with E-state index in [2.05, 4.69) is 5.32 Å². The fourth-order valence-corrected chi connectivity index (χ4v) is 3.02. The van der Waals surface area contributed by atoms with Crippen molar-refractivity contribution in [1.82, 2.24) is 0 Å². The van der Waals surface area contributed by atoms with Gasteiger partial charge in [-0.3, -0.25) is 14.4 Å². The van der Waals surface area contributed by atoms with Gasteiger partial charge < -0.3 is 15.8 Å². The molecule has 0 aliphatic rings. The van der Waals surface area contributed by atoms with Gasteiger partial charge in [0.2, 0.25) is 5.91 Å². The molecule has 146 valence electrons. The number of amides is 2.